The number of carboxylic acids is 2. The van der Waals surface area contributed by atoms with E-state index in [1.165, 1.54) is 83.0 Å². The summed E-state index contributed by atoms with van der Waals surface area (Å²) in [5.41, 5.74) is 0. The summed E-state index contributed by atoms with van der Waals surface area (Å²) in [6.45, 7) is 2.28. The maximum atomic E-state index is 9.43. The molecule has 2 N–H and O–H groups in total. The standard InChI is InChI=1S/C10H21.C3H4O4.Na/c1-3-5-7-9-10-8-6-4-2;4-2(5)1-3(6)7;/h1,3-10H2,2H3;1H2,(H,4,5)(H,6,7);. The number of hydrogen-bond acceptors (Lipinski definition) is 2. The molecule has 5 heteroatoms. The van der Waals surface area contributed by atoms with Crippen molar-refractivity contribution >= 4 is 39.9 Å². The molecule has 0 aliphatic carbocycles. The molecule has 0 unspecified atom stereocenters. The van der Waals surface area contributed by atoms with Gasteiger partial charge in [-0.15, -0.1) is 0 Å². The monoisotopic (exact) mass is 268 g/mol. The molecular formula is C13H25NaO4. The van der Waals surface area contributed by atoms with Crippen molar-refractivity contribution in [1.82, 2.24) is 0 Å². The van der Waals surface area contributed by atoms with Crippen LogP contribution >= 0.6 is 0 Å². The van der Waals surface area contributed by atoms with Crippen LogP contribution in [0.25, 0.3) is 0 Å². The second-order valence-electron chi connectivity index (χ2n) is 4.44. The summed E-state index contributed by atoms with van der Waals surface area (Å²) in [6, 6.07) is 0. The third kappa shape index (κ3) is 25.0. The summed E-state index contributed by atoms with van der Waals surface area (Å²) in [7, 11) is 0. The van der Waals surface area contributed by atoms with Gasteiger partial charge in [-0.05, 0) is 0 Å². The zero-order valence-corrected chi connectivity index (χ0v) is 13.8. The number of rotatable bonds is 10. The van der Waals surface area contributed by atoms with Crippen molar-refractivity contribution in [3.63, 3.8) is 0 Å². The van der Waals surface area contributed by atoms with E-state index in [-0.39, 0.29) is 0 Å². The van der Waals surface area contributed by atoms with E-state index in [9.17, 15) is 9.59 Å². The van der Waals surface area contributed by atoms with Gasteiger partial charge in [0.1, 0.15) is 6.42 Å². The van der Waals surface area contributed by atoms with Crippen molar-refractivity contribution in [3.05, 3.63) is 0 Å². The van der Waals surface area contributed by atoms with Gasteiger partial charge in [-0.2, -0.15) is 0 Å². The Bertz CT molecular complexity index is 187. The van der Waals surface area contributed by atoms with E-state index < -0.39 is 18.4 Å². The van der Waals surface area contributed by atoms with Crippen molar-refractivity contribution in [2.24, 2.45) is 0 Å². The summed E-state index contributed by atoms with van der Waals surface area (Å²) in [6.07, 6.45) is 10.9. The molecule has 0 fully saturated rings. The molecule has 0 aromatic rings. The molecular weight excluding hydrogens is 243 g/mol. The van der Waals surface area contributed by atoms with Crippen LogP contribution < -0.4 is 0 Å². The van der Waals surface area contributed by atoms with Crippen LogP contribution in [0.15, 0.2) is 0 Å². The Morgan fingerprint density at radius 1 is 0.833 bits per heavy atom. The fraction of sp³-hybridized carbons (Fsp3) is 0.846. The van der Waals surface area contributed by atoms with Crippen LogP contribution in [-0.2, 0) is 9.59 Å². The second-order valence-corrected chi connectivity index (χ2v) is 5.44. The van der Waals surface area contributed by atoms with Gasteiger partial charge in [0.15, 0.2) is 0 Å². The van der Waals surface area contributed by atoms with Crippen LogP contribution in [0.2, 0.25) is 3.67 Å². The summed E-state index contributed by atoms with van der Waals surface area (Å²) in [4.78, 5) is 18.9. The molecule has 0 aromatic heterocycles. The quantitative estimate of drug-likeness (QED) is 0.362. The van der Waals surface area contributed by atoms with Gasteiger partial charge in [0.25, 0.3) is 0 Å². The summed E-state index contributed by atoms with van der Waals surface area (Å²) in [5, 5.41) is 15.4. The Balaban J connectivity index is 0. The predicted molar refractivity (Wildman–Crippen MR) is 73.1 cm³/mol. The molecule has 0 bridgehead atoms. The smallest absolute Gasteiger partial charge is 0.314 e. The van der Waals surface area contributed by atoms with Crippen LogP contribution in [0.3, 0.4) is 0 Å². The molecule has 0 aromatic carbocycles. The molecule has 0 heterocycles. The Morgan fingerprint density at radius 2 is 1.22 bits per heavy atom. The van der Waals surface area contributed by atoms with Gasteiger partial charge in [-0.1, -0.05) is 0 Å². The molecule has 18 heavy (non-hydrogen) atoms. The first-order valence-electron chi connectivity index (χ1n) is 6.98. The van der Waals surface area contributed by atoms with Crippen molar-refractivity contribution in [1.29, 1.82) is 0 Å². The van der Waals surface area contributed by atoms with Gasteiger partial charge >= 0.3 is 102 Å². The maximum absolute atomic E-state index is 9.43. The number of carboxylic acid groups (broad SMARTS) is 2. The van der Waals surface area contributed by atoms with Crippen molar-refractivity contribution < 1.29 is 19.8 Å². The minimum atomic E-state index is -1.31. The molecule has 0 saturated heterocycles. The molecule has 0 amide bonds. The molecule has 0 spiro atoms. The van der Waals surface area contributed by atoms with Crippen molar-refractivity contribution in [3.8, 4) is 0 Å². The van der Waals surface area contributed by atoms with Crippen molar-refractivity contribution in [2.75, 3.05) is 0 Å². The van der Waals surface area contributed by atoms with Gasteiger partial charge < -0.3 is 10.2 Å². The van der Waals surface area contributed by atoms with E-state index in [2.05, 4.69) is 6.92 Å². The Hall–Kier alpha value is -0.0600. The molecule has 0 radical (unpaired) electrons. The Kier molecular flexibility index (Phi) is 19.1. The predicted octanol–water partition coefficient (Wildman–Crippen LogP) is 3.26. The third-order valence-corrected chi connectivity index (χ3v) is 3.22. The first kappa shape index (κ1) is 20.3. The third-order valence-electron chi connectivity index (χ3n) is 2.51. The molecule has 4 nitrogen and oxygen atoms in total. The Morgan fingerprint density at radius 3 is 1.50 bits per heavy atom. The summed E-state index contributed by atoms with van der Waals surface area (Å²) in [5.74, 6) is -2.62. The largest absolute Gasteiger partial charge is 0.481 e. The topological polar surface area (TPSA) is 74.6 Å². The van der Waals surface area contributed by atoms with Gasteiger partial charge in [-0.25, -0.2) is 0 Å². The number of carbonyl (C=O) groups is 2. The zero-order valence-electron chi connectivity index (χ0n) is 11.8. The van der Waals surface area contributed by atoms with Crippen LogP contribution in [0, 0.1) is 0 Å². The molecule has 0 aliphatic rings. The van der Waals surface area contributed by atoms with E-state index in [1.807, 2.05) is 0 Å². The first-order chi connectivity index (χ1) is 8.54. The SMILES string of the molecule is CCCCCCCCC[CH2][Na].O=C(O)CC(=O)O. The molecule has 0 saturated carbocycles. The van der Waals surface area contributed by atoms with Gasteiger partial charge in [-0.3, -0.25) is 9.59 Å². The van der Waals surface area contributed by atoms with Gasteiger partial charge in [0.2, 0.25) is 0 Å². The van der Waals surface area contributed by atoms with E-state index in [0.717, 1.165) is 0 Å². The van der Waals surface area contributed by atoms with Crippen LogP contribution in [0.1, 0.15) is 64.7 Å². The summed E-state index contributed by atoms with van der Waals surface area (Å²) >= 11 is 1.41. The van der Waals surface area contributed by atoms with Crippen LogP contribution in [0.4, 0.5) is 0 Å². The van der Waals surface area contributed by atoms with E-state index in [0.29, 0.717) is 0 Å². The molecule has 0 aliphatic heterocycles. The number of hydrogen-bond donors (Lipinski definition) is 2. The van der Waals surface area contributed by atoms with Gasteiger partial charge in [0, 0.05) is 0 Å². The maximum Gasteiger partial charge on any atom is 0.314 e. The van der Waals surface area contributed by atoms with E-state index >= 15 is 0 Å². The van der Waals surface area contributed by atoms with Crippen molar-refractivity contribution in [2.45, 2.75) is 68.4 Å². The van der Waals surface area contributed by atoms with Crippen LogP contribution in [-0.4, -0.2) is 50.1 Å². The van der Waals surface area contributed by atoms with Crippen LogP contribution in [0.5, 0.6) is 0 Å². The molecule has 0 rings (SSSR count). The minimum absolute atomic E-state index is 0.806. The second kappa shape index (κ2) is 16.9. The molecule has 102 valence electrons. The fourth-order valence-corrected chi connectivity index (χ4v) is 2.01. The summed E-state index contributed by atoms with van der Waals surface area (Å²) < 4.78 is 1.51. The Labute approximate surface area is 128 Å². The van der Waals surface area contributed by atoms with Gasteiger partial charge in [0.05, 0.1) is 0 Å². The zero-order chi connectivity index (χ0) is 14.2. The average molecular weight is 268 g/mol. The minimum Gasteiger partial charge on any atom is -0.481 e. The first-order valence-corrected chi connectivity index (χ1v) is 8.39. The molecule has 0 atom stereocenters. The number of unbranched alkanes of at least 4 members (excludes halogenated alkanes) is 7. The number of aliphatic carboxylic acids is 2. The fourth-order valence-electron chi connectivity index (χ4n) is 1.51. The normalized spacial score (nSPS) is 9.50. The average Bonchev–Trinajstić information content (AvgIpc) is 2.27. The van der Waals surface area contributed by atoms with E-state index in [1.54, 1.807) is 0 Å². The van der Waals surface area contributed by atoms with E-state index in [4.69, 9.17) is 10.2 Å².